The van der Waals surface area contributed by atoms with Crippen molar-refractivity contribution in [1.82, 2.24) is 0 Å². The number of Topliss-reactive ketones (excluding diaryl/α,β-unsaturated/α-hetero) is 1. The quantitative estimate of drug-likeness (QED) is 0.745. The lowest BCUT2D eigenvalue weighted by atomic mass is 9.82. The van der Waals surface area contributed by atoms with Crippen LogP contribution in [0, 0.1) is 0 Å². The molecule has 0 fully saturated rings. The highest BCUT2D eigenvalue weighted by Crippen LogP contribution is 2.55. The van der Waals surface area contributed by atoms with Gasteiger partial charge in [-0.25, -0.2) is 0 Å². The second kappa shape index (κ2) is 4.24. The van der Waals surface area contributed by atoms with Crippen molar-refractivity contribution in [3.05, 3.63) is 27.8 Å². The Morgan fingerprint density at radius 1 is 1.26 bits per heavy atom. The molecule has 0 N–H and O–H groups in total. The van der Waals surface area contributed by atoms with E-state index in [4.69, 9.17) is 16.3 Å². The molecule has 1 aromatic rings. The molecule has 3 heteroatoms. The lowest BCUT2D eigenvalue weighted by Gasteiger charge is -2.23. The highest BCUT2D eigenvalue weighted by Gasteiger charge is 2.45. The molecule has 0 saturated heterocycles. The molecule has 0 saturated carbocycles. The van der Waals surface area contributed by atoms with Gasteiger partial charge in [-0.05, 0) is 35.8 Å². The van der Waals surface area contributed by atoms with Gasteiger partial charge >= 0.3 is 0 Å². The normalized spacial score (nSPS) is 19.1. The molecule has 0 radical (unpaired) electrons. The van der Waals surface area contributed by atoms with Crippen LogP contribution < -0.4 is 4.74 Å². The number of methoxy groups -OCH3 is 1. The van der Waals surface area contributed by atoms with Crippen LogP contribution in [0.4, 0.5) is 0 Å². The minimum absolute atomic E-state index is 0.00311. The number of halogens is 1. The third-order valence-electron chi connectivity index (χ3n) is 4.09. The lowest BCUT2D eigenvalue weighted by molar-refractivity contribution is 0.101. The summed E-state index contributed by atoms with van der Waals surface area (Å²) in [5, 5.41) is 0.444. The molecule has 0 spiro atoms. The van der Waals surface area contributed by atoms with E-state index in [0.717, 1.165) is 12.0 Å². The third kappa shape index (κ3) is 2.06. The number of hydrogen-bond donors (Lipinski definition) is 0. The Labute approximate surface area is 120 Å². The molecular weight excluding hydrogens is 260 g/mol. The maximum atomic E-state index is 11.8. The zero-order chi connectivity index (χ0) is 14.6. The molecule has 1 aliphatic rings. The van der Waals surface area contributed by atoms with Gasteiger partial charge < -0.3 is 4.74 Å². The van der Waals surface area contributed by atoms with E-state index in [-0.39, 0.29) is 16.6 Å². The standard InChI is InChI=1S/C16H21ClO2/c1-9(18)10-7-11-12(14(19-6)13(10)17)16(4,5)8-15(11,2)3/h7H,8H2,1-6H3. The fraction of sp³-hybridized carbons (Fsp3) is 0.562. The number of benzene rings is 1. The average molecular weight is 281 g/mol. The van der Waals surface area contributed by atoms with Crippen molar-refractivity contribution in [1.29, 1.82) is 0 Å². The van der Waals surface area contributed by atoms with E-state index in [2.05, 4.69) is 27.7 Å². The molecule has 0 aliphatic heterocycles. The zero-order valence-electron chi connectivity index (χ0n) is 12.5. The second-order valence-corrected chi connectivity index (χ2v) is 7.07. The minimum atomic E-state index is -0.0217. The van der Waals surface area contributed by atoms with Crippen LogP contribution in [0.1, 0.15) is 62.5 Å². The van der Waals surface area contributed by atoms with Crippen molar-refractivity contribution in [2.24, 2.45) is 0 Å². The van der Waals surface area contributed by atoms with Crippen molar-refractivity contribution in [3.8, 4) is 5.75 Å². The van der Waals surface area contributed by atoms with Crippen molar-refractivity contribution in [2.45, 2.75) is 51.9 Å². The van der Waals surface area contributed by atoms with E-state index in [1.807, 2.05) is 6.07 Å². The smallest absolute Gasteiger partial charge is 0.161 e. The van der Waals surface area contributed by atoms with Crippen molar-refractivity contribution >= 4 is 17.4 Å². The van der Waals surface area contributed by atoms with Crippen LogP contribution in [-0.4, -0.2) is 12.9 Å². The summed E-state index contributed by atoms with van der Waals surface area (Å²) >= 11 is 6.36. The summed E-state index contributed by atoms with van der Waals surface area (Å²) in [5.41, 5.74) is 2.92. The maximum Gasteiger partial charge on any atom is 0.161 e. The largest absolute Gasteiger partial charge is 0.495 e. The maximum absolute atomic E-state index is 11.8. The molecule has 1 aliphatic carbocycles. The topological polar surface area (TPSA) is 26.3 Å². The van der Waals surface area contributed by atoms with E-state index in [1.54, 1.807) is 14.0 Å². The Kier molecular flexibility index (Phi) is 3.21. The molecule has 19 heavy (non-hydrogen) atoms. The van der Waals surface area contributed by atoms with Crippen molar-refractivity contribution in [3.63, 3.8) is 0 Å². The molecule has 2 nitrogen and oxygen atoms in total. The van der Waals surface area contributed by atoms with Crippen LogP contribution in [0.15, 0.2) is 6.07 Å². The first kappa shape index (κ1) is 14.4. The summed E-state index contributed by atoms with van der Waals surface area (Å²) in [4.78, 5) is 11.8. The van der Waals surface area contributed by atoms with Gasteiger partial charge in [0.2, 0.25) is 0 Å². The Hall–Kier alpha value is -1.02. The van der Waals surface area contributed by atoms with Gasteiger partial charge in [0.05, 0.1) is 12.1 Å². The lowest BCUT2D eigenvalue weighted by Crippen LogP contribution is -2.18. The van der Waals surface area contributed by atoms with Crippen LogP contribution in [-0.2, 0) is 10.8 Å². The van der Waals surface area contributed by atoms with E-state index < -0.39 is 0 Å². The third-order valence-corrected chi connectivity index (χ3v) is 4.47. The van der Waals surface area contributed by atoms with Crippen molar-refractivity contribution in [2.75, 3.05) is 7.11 Å². The van der Waals surface area contributed by atoms with E-state index in [9.17, 15) is 4.79 Å². The Morgan fingerprint density at radius 3 is 2.32 bits per heavy atom. The number of rotatable bonds is 2. The zero-order valence-corrected chi connectivity index (χ0v) is 13.2. The summed E-state index contributed by atoms with van der Waals surface area (Å²) in [6, 6.07) is 1.96. The predicted octanol–water partition coefficient (Wildman–Crippen LogP) is 4.51. The summed E-state index contributed by atoms with van der Waals surface area (Å²) in [6.45, 7) is 10.4. The van der Waals surface area contributed by atoms with Gasteiger partial charge in [-0.2, -0.15) is 0 Å². The molecular formula is C16H21ClO2. The Balaban J connectivity index is 2.87. The first-order valence-corrected chi connectivity index (χ1v) is 6.92. The summed E-state index contributed by atoms with van der Waals surface area (Å²) in [6.07, 6.45) is 1.02. The molecule has 0 unspecified atom stereocenters. The van der Waals surface area contributed by atoms with Gasteiger partial charge in [0.15, 0.2) is 5.78 Å². The average Bonchev–Trinajstić information content (AvgIpc) is 2.43. The molecule has 0 aromatic heterocycles. The van der Waals surface area contributed by atoms with Gasteiger partial charge in [0.25, 0.3) is 0 Å². The summed E-state index contributed by atoms with van der Waals surface area (Å²) in [5.74, 6) is 0.645. The number of fused-ring (bicyclic) bond motifs is 1. The van der Waals surface area contributed by atoms with E-state index >= 15 is 0 Å². The van der Waals surface area contributed by atoms with Gasteiger partial charge in [0, 0.05) is 11.1 Å². The van der Waals surface area contributed by atoms with Gasteiger partial charge in [-0.3, -0.25) is 4.79 Å². The second-order valence-electron chi connectivity index (χ2n) is 6.69. The monoisotopic (exact) mass is 280 g/mol. The van der Waals surface area contributed by atoms with Gasteiger partial charge in [-0.15, -0.1) is 0 Å². The van der Waals surface area contributed by atoms with Gasteiger partial charge in [0.1, 0.15) is 5.75 Å². The molecule has 0 amide bonds. The van der Waals surface area contributed by atoms with Crippen LogP contribution >= 0.6 is 11.6 Å². The molecule has 0 heterocycles. The number of ketones is 1. The summed E-state index contributed by atoms with van der Waals surface area (Å²) in [7, 11) is 1.62. The van der Waals surface area contributed by atoms with E-state index in [0.29, 0.717) is 16.3 Å². The number of ether oxygens (including phenoxy) is 1. The SMILES string of the molecule is COc1c(Cl)c(C(C)=O)cc2c1C(C)(C)CC2(C)C. The summed E-state index contributed by atoms with van der Waals surface area (Å²) < 4.78 is 5.52. The highest BCUT2D eigenvalue weighted by molar-refractivity contribution is 6.35. The molecule has 1 aromatic carbocycles. The predicted molar refractivity (Wildman–Crippen MR) is 78.7 cm³/mol. The van der Waals surface area contributed by atoms with Crippen LogP contribution in [0.25, 0.3) is 0 Å². The van der Waals surface area contributed by atoms with Crippen molar-refractivity contribution < 1.29 is 9.53 Å². The highest BCUT2D eigenvalue weighted by atomic mass is 35.5. The number of hydrogen-bond acceptors (Lipinski definition) is 2. The number of carbonyl (C=O) groups is 1. The van der Waals surface area contributed by atoms with Crippen LogP contribution in [0.2, 0.25) is 5.02 Å². The first-order chi connectivity index (χ1) is 8.62. The molecule has 0 atom stereocenters. The molecule has 104 valence electrons. The van der Waals surface area contributed by atoms with E-state index in [1.165, 1.54) is 5.56 Å². The van der Waals surface area contributed by atoms with Crippen LogP contribution in [0.3, 0.4) is 0 Å². The fourth-order valence-electron chi connectivity index (χ4n) is 3.58. The fourth-order valence-corrected chi connectivity index (χ4v) is 3.94. The molecule has 2 rings (SSSR count). The van der Waals surface area contributed by atoms with Gasteiger partial charge in [-0.1, -0.05) is 39.3 Å². The Bertz CT molecular complexity index is 556. The minimum Gasteiger partial charge on any atom is -0.495 e. The van der Waals surface area contributed by atoms with Crippen LogP contribution in [0.5, 0.6) is 5.75 Å². The number of carbonyl (C=O) groups excluding carboxylic acids is 1. The Morgan fingerprint density at radius 2 is 1.84 bits per heavy atom. The first-order valence-electron chi connectivity index (χ1n) is 6.54. The molecule has 0 bridgehead atoms.